The molecule has 120 valence electrons. The summed E-state index contributed by atoms with van der Waals surface area (Å²) in [6.07, 6.45) is 8.51. The number of carbonyl (C=O) groups is 1. The van der Waals surface area contributed by atoms with Gasteiger partial charge in [0.1, 0.15) is 6.10 Å². The third kappa shape index (κ3) is 4.47. The highest BCUT2D eigenvalue weighted by Crippen LogP contribution is 2.30. The molecule has 0 bridgehead atoms. The fraction of sp³-hybridized carbons (Fsp3) is 0.824. The number of hydrogen-bond acceptors (Lipinski definition) is 3. The Bertz CT molecular complexity index is 421. The zero-order valence-electron chi connectivity index (χ0n) is 14.2. The van der Waals surface area contributed by atoms with E-state index in [4.69, 9.17) is 4.74 Å². The average molecular weight is 294 g/mol. The molecule has 1 aliphatic carbocycles. The van der Waals surface area contributed by atoms with Gasteiger partial charge in [0, 0.05) is 30.2 Å². The highest BCUT2D eigenvalue weighted by Gasteiger charge is 2.35. The normalized spacial score (nSPS) is 25.1. The van der Waals surface area contributed by atoms with Gasteiger partial charge in [-0.25, -0.2) is 4.79 Å². The molecular weight excluding hydrogens is 264 g/mol. The number of nitrogens with zero attached hydrogens (tertiary/aromatic N) is 1. The Morgan fingerprint density at radius 1 is 1.24 bits per heavy atom. The molecule has 0 aromatic carbocycles. The lowest BCUT2D eigenvalue weighted by Gasteiger charge is -2.43. The van der Waals surface area contributed by atoms with E-state index in [9.17, 15) is 4.79 Å². The molecule has 1 fully saturated rings. The molecule has 0 atom stereocenters. The van der Waals surface area contributed by atoms with Crippen molar-refractivity contribution in [3.05, 3.63) is 11.8 Å². The van der Waals surface area contributed by atoms with Crippen LogP contribution in [-0.2, 0) is 4.74 Å². The Kier molecular flexibility index (Phi) is 4.66. The summed E-state index contributed by atoms with van der Waals surface area (Å²) < 4.78 is 5.67. The standard InChI is InChI=1S/C17H30N2O2/c1-16(2)11-13(12-17(3,4)18-16)19(5)15(20)21-14-9-7-6-8-10-14/h11,14,18H,6-10,12H2,1-5H3. The van der Waals surface area contributed by atoms with Crippen LogP contribution in [0.1, 0.15) is 66.2 Å². The van der Waals surface area contributed by atoms with Gasteiger partial charge in [0.05, 0.1) is 0 Å². The van der Waals surface area contributed by atoms with Gasteiger partial charge in [0.15, 0.2) is 0 Å². The Morgan fingerprint density at radius 3 is 2.43 bits per heavy atom. The lowest BCUT2D eigenvalue weighted by Crippen LogP contribution is -2.55. The van der Waals surface area contributed by atoms with Crippen LogP contribution in [0.25, 0.3) is 0 Å². The van der Waals surface area contributed by atoms with Gasteiger partial charge >= 0.3 is 6.09 Å². The van der Waals surface area contributed by atoms with Crippen LogP contribution in [-0.4, -0.2) is 35.2 Å². The maximum Gasteiger partial charge on any atom is 0.414 e. The summed E-state index contributed by atoms with van der Waals surface area (Å²) in [5, 5.41) is 3.58. The minimum Gasteiger partial charge on any atom is -0.446 e. The summed E-state index contributed by atoms with van der Waals surface area (Å²) in [6, 6.07) is 0. The largest absolute Gasteiger partial charge is 0.446 e. The number of nitrogens with one attached hydrogen (secondary N) is 1. The van der Waals surface area contributed by atoms with E-state index < -0.39 is 0 Å². The molecule has 0 radical (unpaired) electrons. The molecule has 0 unspecified atom stereocenters. The molecule has 1 aliphatic heterocycles. The molecule has 0 aromatic heterocycles. The summed E-state index contributed by atoms with van der Waals surface area (Å²) >= 11 is 0. The molecule has 1 heterocycles. The first-order valence-electron chi connectivity index (χ1n) is 8.14. The first-order chi connectivity index (χ1) is 9.69. The third-order valence-corrected chi connectivity index (χ3v) is 4.34. The first kappa shape index (κ1) is 16.3. The van der Waals surface area contributed by atoms with Gasteiger partial charge in [0.2, 0.25) is 0 Å². The van der Waals surface area contributed by atoms with Crippen molar-refractivity contribution in [2.75, 3.05) is 7.05 Å². The van der Waals surface area contributed by atoms with Gasteiger partial charge in [0.25, 0.3) is 0 Å². The van der Waals surface area contributed by atoms with E-state index in [1.807, 2.05) is 7.05 Å². The lowest BCUT2D eigenvalue weighted by atomic mass is 9.86. The molecule has 0 saturated heterocycles. The number of amides is 1. The van der Waals surface area contributed by atoms with Crippen LogP contribution in [0.4, 0.5) is 4.79 Å². The number of rotatable bonds is 2. The van der Waals surface area contributed by atoms with Gasteiger partial charge < -0.3 is 10.1 Å². The smallest absolute Gasteiger partial charge is 0.414 e. The fourth-order valence-electron chi connectivity index (χ4n) is 3.61. The molecule has 2 aliphatic rings. The molecule has 4 heteroatoms. The Labute approximate surface area is 128 Å². The van der Waals surface area contributed by atoms with Crippen molar-refractivity contribution in [3.63, 3.8) is 0 Å². The van der Waals surface area contributed by atoms with Crippen molar-refractivity contribution in [1.29, 1.82) is 0 Å². The van der Waals surface area contributed by atoms with Crippen LogP contribution in [0, 0.1) is 0 Å². The summed E-state index contributed by atoms with van der Waals surface area (Å²) in [5.41, 5.74) is 0.910. The maximum absolute atomic E-state index is 12.4. The van der Waals surface area contributed by atoms with E-state index >= 15 is 0 Å². The minimum absolute atomic E-state index is 0.0209. The highest BCUT2D eigenvalue weighted by atomic mass is 16.6. The summed E-state index contributed by atoms with van der Waals surface area (Å²) in [5.74, 6) is 0. The average Bonchev–Trinajstić information content (AvgIpc) is 2.35. The maximum atomic E-state index is 12.4. The summed E-state index contributed by atoms with van der Waals surface area (Å²) in [7, 11) is 1.83. The molecule has 1 N–H and O–H groups in total. The van der Waals surface area contributed by atoms with Gasteiger partial charge in [-0.3, -0.25) is 4.90 Å². The second-order valence-electron chi connectivity index (χ2n) is 7.75. The quantitative estimate of drug-likeness (QED) is 0.841. The van der Waals surface area contributed by atoms with E-state index in [1.54, 1.807) is 4.90 Å². The summed E-state index contributed by atoms with van der Waals surface area (Å²) in [6.45, 7) is 8.60. The topological polar surface area (TPSA) is 41.6 Å². The van der Waals surface area contributed by atoms with Crippen LogP contribution in [0.5, 0.6) is 0 Å². The second-order valence-corrected chi connectivity index (χ2v) is 7.75. The van der Waals surface area contributed by atoms with Gasteiger partial charge in [-0.05, 0) is 59.5 Å². The van der Waals surface area contributed by atoms with Crippen molar-refractivity contribution in [2.24, 2.45) is 0 Å². The van der Waals surface area contributed by atoms with E-state index in [0.717, 1.165) is 25.0 Å². The zero-order chi connectivity index (χ0) is 15.7. The van der Waals surface area contributed by atoms with Crippen LogP contribution in [0.3, 0.4) is 0 Å². The fourth-order valence-corrected chi connectivity index (χ4v) is 3.61. The van der Waals surface area contributed by atoms with Crippen molar-refractivity contribution < 1.29 is 9.53 Å². The highest BCUT2D eigenvalue weighted by molar-refractivity contribution is 5.70. The van der Waals surface area contributed by atoms with E-state index in [2.05, 4.69) is 39.1 Å². The number of hydrogen-bond donors (Lipinski definition) is 1. The van der Waals surface area contributed by atoms with Crippen LogP contribution in [0.2, 0.25) is 0 Å². The van der Waals surface area contributed by atoms with Gasteiger partial charge in [-0.2, -0.15) is 0 Å². The number of ether oxygens (including phenoxy) is 1. The molecule has 1 amide bonds. The van der Waals surface area contributed by atoms with Crippen molar-refractivity contribution >= 4 is 6.09 Å². The van der Waals surface area contributed by atoms with Crippen LogP contribution in [0.15, 0.2) is 11.8 Å². The van der Waals surface area contributed by atoms with Gasteiger partial charge in [-0.15, -0.1) is 0 Å². The van der Waals surface area contributed by atoms with Crippen LogP contribution >= 0.6 is 0 Å². The summed E-state index contributed by atoms with van der Waals surface area (Å²) in [4.78, 5) is 14.1. The van der Waals surface area contributed by atoms with Gasteiger partial charge in [-0.1, -0.05) is 6.42 Å². The molecule has 2 rings (SSSR count). The zero-order valence-corrected chi connectivity index (χ0v) is 14.2. The predicted molar refractivity (Wildman–Crippen MR) is 85.1 cm³/mol. The Hall–Kier alpha value is -1.03. The third-order valence-electron chi connectivity index (χ3n) is 4.34. The SMILES string of the molecule is CN(C(=O)OC1CCCCC1)C1=CC(C)(C)NC(C)(C)C1. The lowest BCUT2D eigenvalue weighted by molar-refractivity contribution is 0.0549. The number of carbonyl (C=O) groups excluding carboxylic acids is 1. The van der Waals surface area contributed by atoms with Crippen molar-refractivity contribution in [1.82, 2.24) is 10.2 Å². The van der Waals surface area contributed by atoms with E-state index in [1.165, 1.54) is 19.3 Å². The molecule has 4 nitrogen and oxygen atoms in total. The monoisotopic (exact) mass is 294 g/mol. The van der Waals surface area contributed by atoms with Crippen LogP contribution < -0.4 is 5.32 Å². The van der Waals surface area contributed by atoms with E-state index in [0.29, 0.717) is 0 Å². The molecular formula is C17H30N2O2. The van der Waals surface area contributed by atoms with E-state index in [-0.39, 0.29) is 23.3 Å². The Morgan fingerprint density at radius 2 is 1.86 bits per heavy atom. The van der Waals surface area contributed by atoms with Crippen molar-refractivity contribution in [3.8, 4) is 0 Å². The molecule has 1 saturated carbocycles. The molecule has 21 heavy (non-hydrogen) atoms. The minimum atomic E-state index is -0.207. The van der Waals surface area contributed by atoms with Crippen molar-refractivity contribution in [2.45, 2.75) is 83.4 Å². The molecule has 0 spiro atoms. The molecule has 0 aromatic rings. The predicted octanol–water partition coefficient (Wildman–Crippen LogP) is 3.82. The first-order valence-corrected chi connectivity index (χ1v) is 8.14. The second kappa shape index (κ2) is 5.99. The Balaban J connectivity index is 2.02.